The number of aromatic nitrogens is 4. The third-order valence-electron chi connectivity index (χ3n) is 2.07. The molecule has 0 saturated carbocycles. The van der Waals surface area contributed by atoms with E-state index in [0.717, 1.165) is 0 Å². The fourth-order valence-corrected chi connectivity index (χ4v) is 1.11. The first-order valence-corrected chi connectivity index (χ1v) is 7.65. The Labute approximate surface area is 185 Å². The summed E-state index contributed by atoms with van der Waals surface area (Å²) in [5.74, 6) is 0. The minimum Gasteiger partial charge on any atom is -0.394 e. The van der Waals surface area contributed by atoms with Gasteiger partial charge in [-0.15, -0.1) is 10.1 Å². The molecule has 155 valence electrons. The van der Waals surface area contributed by atoms with Crippen molar-refractivity contribution in [3.63, 3.8) is 0 Å². The Morgan fingerprint density at radius 3 is 0.828 bits per heavy atom. The summed E-state index contributed by atoms with van der Waals surface area (Å²) in [5, 5.41) is 13.6. The summed E-state index contributed by atoms with van der Waals surface area (Å²) in [6.45, 7) is 0. The quantitative estimate of drug-likeness (QED) is 0.177. The fraction of sp³-hybridized carbons (Fsp3) is 0. The fourth-order valence-electron chi connectivity index (χ4n) is 1.11. The zero-order chi connectivity index (χ0) is 20.5. The smallest absolute Gasteiger partial charge is 0.291 e. The Kier molecular flexibility index (Phi) is 23.5. The van der Waals surface area contributed by atoms with Gasteiger partial charge in [-0.25, -0.2) is 0 Å². The molecule has 8 nitrogen and oxygen atoms in total. The Balaban J connectivity index is 0. The molecule has 29 heavy (non-hydrogen) atoms. The van der Waals surface area contributed by atoms with Crippen LogP contribution in [-0.4, -0.2) is 30.2 Å². The number of hydrogen-bond donors (Lipinski definition) is 1. The SMILES string of the molecule is O=[N+]([O-])O.[Ag].[c-]1ccccn1.[c-]1ccccn1.[c-]1ccccn1.[c-]1ccccn1. The van der Waals surface area contributed by atoms with Crippen molar-refractivity contribution in [2.45, 2.75) is 0 Å². The molecule has 4 aromatic rings. The standard InChI is InChI=1S/4C5H4N.Ag.HNO3/c4*1-2-4-6-5-3-1;;2-1(3)4/h4*1-4H;;(H,2,3,4)/q4*-1;;. The minimum atomic E-state index is -1.50. The summed E-state index contributed by atoms with van der Waals surface area (Å²) >= 11 is 0. The van der Waals surface area contributed by atoms with Crippen LogP contribution in [-0.2, 0) is 22.4 Å². The molecule has 0 unspecified atom stereocenters. The topological polar surface area (TPSA) is 115 Å². The molecule has 9 heteroatoms. The van der Waals surface area contributed by atoms with Crippen molar-refractivity contribution >= 4 is 0 Å². The van der Waals surface area contributed by atoms with E-state index in [2.05, 4.69) is 44.7 Å². The number of hydrogen-bond acceptors (Lipinski definition) is 6. The molecule has 4 heterocycles. The summed E-state index contributed by atoms with van der Waals surface area (Å²) in [6.07, 6.45) is 17.3. The van der Waals surface area contributed by atoms with Crippen LogP contribution < -0.4 is 0 Å². The van der Waals surface area contributed by atoms with Gasteiger partial charge in [-0.2, -0.15) is 72.8 Å². The average Bonchev–Trinajstić information content (AvgIpc) is 2.79. The van der Waals surface area contributed by atoms with Gasteiger partial charge < -0.3 is 25.1 Å². The monoisotopic (exact) mass is 482 g/mol. The van der Waals surface area contributed by atoms with Gasteiger partial charge in [0.15, 0.2) is 0 Å². The Morgan fingerprint density at radius 2 is 0.793 bits per heavy atom. The second-order valence-corrected chi connectivity index (χ2v) is 4.07. The minimum absolute atomic E-state index is 0. The molecule has 0 aliphatic carbocycles. The molecule has 0 aliphatic heterocycles. The molecule has 4 rings (SSSR count). The van der Waals surface area contributed by atoms with E-state index in [1.807, 2.05) is 48.5 Å². The number of nitrogens with zero attached hydrogens (tertiary/aromatic N) is 5. The first kappa shape index (κ1) is 27.8. The maximum Gasteiger partial charge on any atom is 0.291 e. The maximum absolute atomic E-state index is 8.36. The van der Waals surface area contributed by atoms with Crippen LogP contribution in [0.5, 0.6) is 0 Å². The van der Waals surface area contributed by atoms with Gasteiger partial charge in [0, 0.05) is 22.4 Å². The molecule has 0 bridgehead atoms. The van der Waals surface area contributed by atoms with E-state index in [-0.39, 0.29) is 22.4 Å². The van der Waals surface area contributed by atoms with Crippen molar-refractivity contribution in [2.24, 2.45) is 0 Å². The first-order chi connectivity index (χ1) is 13.7. The Bertz CT molecular complexity index is 534. The van der Waals surface area contributed by atoms with Crippen molar-refractivity contribution in [3.05, 3.63) is 132 Å². The number of rotatable bonds is 0. The molecule has 1 radical (unpaired) electrons. The average molecular weight is 483 g/mol. The van der Waals surface area contributed by atoms with E-state index in [0.29, 0.717) is 0 Å². The second kappa shape index (κ2) is 24.5. The van der Waals surface area contributed by atoms with Gasteiger partial charge in [0.1, 0.15) is 0 Å². The van der Waals surface area contributed by atoms with Gasteiger partial charge in [0.25, 0.3) is 5.09 Å². The summed E-state index contributed by atoms with van der Waals surface area (Å²) in [4.78, 5) is 23.0. The van der Waals surface area contributed by atoms with Crippen LogP contribution in [0.25, 0.3) is 0 Å². The van der Waals surface area contributed by atoms with Crippen molar-refractivity contribution in [1.29, 1.82) is 0 Å². The zero-order valence-electron chi connectivity index (χ0n) is 15.0. The molecule has 4 aromatic heterocycles. The van der Waals surface area contributed by atoms with Gasteiger partial charge in [-0.1, -0.05) is 49.6 Å². The van der Waals surface area contributed by atoms with Crippen LogP contribution in [0.3, 0.4) is 0 Å². The van der Waals surface area contributed by atoms with Crippen molar-refractivity contribution in [1.82, 2.24) is 19.9 Å². The molecule has 0 atom stereocenters. The van der Waals surface area contributed by atoms with Crippen LogP contribution in [0.4, 0.5) is 0 Å². The summed E-state index contributed by atoms with van der Waals surface area (Å²) in [5.41, 5.74) is 0. The van der Waals surface area contributed by atoms with E-state index in [4.69, 9.17) is 15.3 Å². The Morgan fingerprint density at radius 1 is 0.586 bits per heavy atom. The molecular weight excluding hydrogens is 466 g/mol. The molecule has 0 fully saturated rings. The van der Waals surface area contributed by atoms with Crippen molar-refractivity contribution in [3.8, 4) is 0 Å². The van der Waals surface area contributed by atoms with Crippen LogP contribution in [0.1, 0.15) is 0 Å². The maximum atomic E-state index is 8.36. The predicted molar refractivity (Wildman–Crippen MR) is 101 cm³/mol. The molecule has 0 amide bonds. The van der Waals surface area contributed by atoms with Crippen LogP contribution in [0.2, 0.25) is 0 Å². The molecule has 0 saturated heterocycles. The van der Waals surface area contributed by atoms with E-state index in [9.17, 15) is 0 Å². The van der Waals surface area contributed by atoms with E-state index < -0.39 is 5.09 Å². The van der Waals surface area contributed by atoms with Gasteiger partial charge in [-0.3, -0.25) is 0 Å². The second-order valence-electron chi connectivity index (χ2n) is 4.07. The van der Waals surface area contributed by atoms with Crippen molar-refractivity contribution in [2.75, 3.05) is 0 Å². The van der Waals surface area contributed by atoms with E-state index in [1.165, 1.54) is 0 Å². The van der Waals surface area contributed by atoms with Crippen molar-refractivity contribution < 1.29 is 32.7 Å². The van der Waals surface area contributed by atoms with Gasteiger partial charge in [0.2, 0.25) is 0 Å². The Hall–Kier alpha value is -3.46. The summed E-state index contributed by atoms with van der Waals surface area (Å²) < 4.78 is 0. The summed E-state index contributed by atoms with van der Waals surface area (Å²) in [6, 6.07) is 22.0. The predicted octanol–water partition coefficient (Wildman–Crippen LogP) is 3.18. The van der Waals surface area contributed by atoms with E-state index >= 15 is 0 Å². The van der Waals surface area contributed by atoms with Crippen LogP contribution >= 0.6 is 0 Å². The number of pyridine rings is 4. The molecule has 0 aromatic carbocycles. The van der Waals surface area contributed by atoms with Gasteiger partial charge >= 0.3 is 0 Å². The summed E-state index contributed by atoms with van der Waals surface area (Å²) in [7, 11) is 0. The third kappa shape index (κ3) is 29.6. The normalized spacial score (nSPS) is 7.45. The van der Waals surface area contributed by atoms with Crippen LogP contribution in [0.15, 0.2) is 97.6 Å². The van der Waals surface area contributed by atoms with E-state index in [1.54, 1.807) is 49.1 Å². The third-order valence-corrected chi connectivity index (χ3v) is 2.07. The van der Waals surface area contributed by atoms with Gasteiger partial charge in [-0.05, 0) is 0 Å². The molecule has 0 spiro atoms. The first-order valence-electron chi connectivity index (χ1n) is 7.65. The van der Waals surface area contributed by atoms with Crippen LogP contribution in [0, 0.1) is 34.9 Å². The van der Waals surface area contributed by atoms with Gasteiger partial charge in [0.05, 0.1) is 0 Å². The molecule has 1 N–H and O–H groups in total. The zero-order valence-corrected chi connectivity index (χ0v) is 16.5. The largest absolute Gasteiger partial charge is 0.394 e. The molecular formula is C20H17AgN5O3-4. The molecule has 0 aliphatic rings.